The number of nitrogens with zero attached hydrogens (tertiary/aromatic N) is 2. The molecule has 2 aromatic carbocycles. The molecule has 1 saturated heterocycles. The number of carbonyl (C=O) groups is 2. The summed E-state index contributed by atoms with van der Waals surface area (Å²) in [5, 5.41) is 11.1. The van der Waals surface area contributed by atoms with Gasteiger partial charge in [-0.15, -0.1) is 0 Å². The molecule has 3 rings (SSSR count). The molecule has 1 heterocycles. The Bertz CT molecular complexity index is 1010. The molecule has 0 saturated carbocycles. The Morgan fingerprint density at radius 2 is 1.72 bits per heavy atom. The lowest BCUT2D eigenvalue weighted by Crippen LogP contribution is -2.35. The van der Waals surface area contributed by atoms with Crippen LogP contribution in [0.25, 0.3) is 5.76 Å². The van der Waals surface area contributed by atoms with Gasteiger partial charge in [-0.25, -0.2) is 0 Å². The number of ketones is 1. The van der Waals surface area contributed by atoms with Crippen molar-refractivity contribution in [2.75, 3.05) is 40.9 Å². The maximum Gasteiger partial charge on any atom is 0.295 e. The highest BCUT2D eigenvalue weighted by Crippen LogP contribution is 2.39. The number of rotatable bonds is 9. The van der Waals surface area contributed by atoms with Gasteiger partial charge in [-0.2, -0.15) is 0 Å². The number of benzene rings is 2. The Morgan fingerprint density at radius 3 is 2.28 bits per heavy atom. The molecule has 7 nitrogen and oxygen atoms in total. The van der Waals surface area contributed by atoms with Gasteiger partial charge in [-0.3, -0.25) is 9.59 Å². The van der Waals surface area contributed by atoms with Crippen LogP contribution in [0, 0.1) is 0 Å². The maximum atomic E-state index is 13.0. The molecule has 0 aliphatic carbocycles. The molecular weight excluding hydrogens is 408 g/mol. The number of aliphatic hydroxyl groups excluding tert-OH is 1. The largest absolute Gasteiger partial charge is 0.507 e. The van der Waals surface area contributed by atoms with E-state index in [0.717, 1.165) is 5.56 Å². The van der Waals surface area contributed by atoms with Crippen LogP contribution in [0.4, 0.5) is 0 Å². The minimum atomic E-state index is -0.700. The number of carbonyl (C=O) groups excluding carboxylic acids is 2. The molecule has 0 radical (unpaired) electrons. The Hall–Kier alpha value is -3.58. The summed E-state index contributed by atoms with van der Waals surface area (Å²) in [5.41, 5.74) is 1.22. The molecule has 2 aromatic rings. The highest BCUT2D eigenvalue weighted by Gasteiger charge is 2.45. The molecule has 0 spiro atoms. The van der Waals surface area contributed by atoms with Crippen molar-refractivity contribution in [2.24, 2.45) is 0 Å². The van der Waals surface area contributed by atoms with E-state index in [9.17, 15) is 14.7 Å². The molecule has 0 aromatic heterocycles. The van der Waals surface area contributed by atoms with Gasteiger partial charge >= 0.3 is 0 Å². The van der Waals surface area contributed by atoms with Crippen LogP contribution in [-0.2, 0) is 9.59 Å². The summed E-state index contributed by atoms with van der Waals surface area (Å²) in [6.07, 6.45) is 1.64. The van der Waals surface area contributed by atoms with Crippen LogP contribution >= 0.6 is 0 Å². The second kappa shape index (κ2) is 10.2. The topological polar surface area (TPSA) is 79.3 Å². The van der Waals surface area contributed by atoms with Crippen molar-refractivity contribution in [3.63, 3.8) is 0 Å². The van der Waals surface area contributed by atoms with Crippen molar-refractivity contribution in [3.8, 4) is 11.5 Å². The highest BCUT2D eigenvalue weighted by molar-refractivity contribution is 6.46. The quantitative estimate of drug-likeness (QED) is 0.281. The van der Waals surface area contributed by atoms with Crippen LogP contribution in [0.1, 0.15) is 17.2 Å². The normalized spacial score (nSPS) is 17.6. The average Bonchev–Trinajstić information content (AvgIpc) is 3.06. The molecule has 1 N–H and O–H groups in total. The van der Waals surface area contributed by atoms with Gasteiger partial charge in [0.25, 0.3) is 11.7 Å². The Kier molecular flexibility index (Phi) is 7.33. The van der Waals surface area contributed by atoms with Crippen LogP contribution in [0.3, 0.4) is 0 Å². The first kappa shape index (κ1) is 23.1. The van der Waals surface area contributed by atoms with Gasteiger partial charge in [0.1, 0.15) is 23.9 Å². The fourth-order valence-corrected chi connectivity index (χ4v) is 3.57. The number of methoxy groups -OCH3 is 1. The van der Waals surface area contributed by atoms with E-state index >= 15 is 0 Å². The number of hydrogen-bond donors (Lipinski definition) is 1. The van der Waals surface area contributed by atoms with Crippen LogP contribution in [0.2, 0.25) is 0 Å². The van der Waals surface area contributed by atoms with Crippen molar-refractivity contribution >= 4 is 17.4 Å². The number of Topliss-reactive ketones (excluding diaryl/α,β-unsaturated/α-hetero) is 1. The molecule has 1 aliphatic rings. The summed E-state index contributed by atoms with van der Waals surface area (Å²) in [6, 6.07) is 13.2. The number of ether oxygens (including phenoxy) is 2. The van der Waals surface area contributed by atoms with Crippen molar-refractivity contribution in [1.82, 2.24) is 9.80 Å². The summed E-state index contributed by atoms with van der Waals surface area (Å²) in [7, 11) is 5.37. The summed E-state index contributed by atoms with van der Waals surface area (Å²) in [4.78, 5) is 29.4. The minimum Gasteiger partial charge on any atom is -0.507 e. The van der Waals surface area contributed by atoms with E-state index in [0.29, 0.717) is 36.8 Å². The zero-order chi connectivity index (χ0) is 23.3. The fourth-order valence-electron chi connectivity index (χ4n) is 3.57. The first-order valence-corrected chi connectivity index (χ1v) is 10.3. The lowest BCUT2D eigenvalue weighted by atomic mass is 9.95. The third-order valence-corrected chi connectivity index (χ3v) is 5.26. The number of hydrogen-bond acceptors (Lipinski definition) is 6. The fraction of sp³-hybridized carbons (Fsp3) is 0.280. The zero-order valence-electron chi connectivity index (χ0n) is 18.6. The highest BCUT2D eigenvalue weighted by atomic mass is 16.5. The smallest absolute Gasteiger partial charge is 0.295 e. The van der Waals surface area contributed by atoms with E-state index in [2.05, 4.69) is 6.58 Å². The Morgan fingerprint density at radius 1 is 1.09 bits per heavy atom. The van der Waals surface area contributed by atoms with Gasteiger partial charge in [0.15, 0.2) is 0 Å². The minimum absolute atomic E-state index is 0.0682. The van der Waals surface area contributed by atoms with E-state index in [-0.39, 0.29) is 11.3 Å². The van der Waals surface area contributed by atoms with Gasteiger partial charge < -0.3 is 24.4 Å². The van der Waals surface area contributed by atoms with Gasteiger partial charge in [0.05, 0.1) is 18.7 Å². The summed E-state index contributed by atoms with van der Waals surface area (Å²) < 4.78 is 10.7. The third-order valence-electron chi connectivity index (χ3n) is 5.26. The van der Waals surface area contributed by atoms with Gasteiger partial charge in [-0.1, -0.05) is 24.8 Å². The van der Waals surface area contributed by atoms with E-state index in [1.54, 1.807) is 61.7 Å². The van der Waals surface area contributed by atoms with E-state index in [1.165, 1.54) is 4.90 Å². The molecule has 7 heteroatoms. The number of amides is 1. The summed E-state index contributed by atoms with van der Waals surface area (Å²) >= 11 is 0. The molecular formula is C25H28N2O5. The number of aliphatic hydroxyl groups is 1. The Labute approximate surface area is 188 Å². The first-order valence-electron chi connectivity index (χ1n) is 10.3. The molecule has 0 bridgehead atoms. The SMILES string of the molecule is C=CCOc1ccc(/C(O)=C2/C(=O)C(=O)N(CCN(C)C)C2c2ccc(OC)cc2)cc1. The maximum absolute atomic E-state index is 13.0. The van der Waals surface area contributed by atoms with Crippen LogP contribution in [0.5, 0.6) is 11.5 Å². The van der Waals surface area contributed by atoms with E-state index in [1.807, 2.05) is 19.0 Å². The number of likely N-dealkylation sites (tertiary alicyclic amines) is 1. The molecule has 1 unspecified atom stereocenters. The van der Waals surface area contributed by atoms with Crippen molar-refractivity contribution < 1.29 is 24.2 Å². The molecule has 1 aliphatic heterocycles. The monoisotopic (exact) mass is 436 g/mol. The first-order chi connectivity index (χ1) is 15.4. The van der Waals surface area contributed by atoms with Crippen molar-refractivity contribution in [1.29, 1.82) is 0 Å². The lowest BCUT2D eigenvalue weighted by molar-refractivity contribution is -0.140. The van der Waals surface area contributed by atoms with Crippen LogP contribution in [0.15, 0.2) is 66.8 Å². The van der Waals surface area contributed by atoms with E-state index in [4.69, 9.17) is 9.47 Å². The number of likely N-dealkylation sites (N-methyl/N-ethyl adjacent to an activating group) is 1. The van der Waals surface area contributed by atoms with Gasteiger partial charge in [-0.05, 0) is 56.1 Å². The lowest BCUT2D eigenvalue weighted by Gasteiger charge is -2.26. The molecule has 1 atom stereocenters. The standard InChI is InChI=1S/C25H28N2O5/c1-5-16-32-20-12-8-18(9-13-20)23(28)21-22(17-6-10-19(31-4)11-7-17)27(15-14-26(2)3)25(30)24(21)29/h5-13,22,28H,1,14-16H2,2-4H3/b23-21-. The molecule has 32 heavy (non-hydrogen) atoms. The van der Waals surface area contributed by atoms with Crippen molar-refractivity contribution in [2.45, 2.75) is 6.04 Å². The second-order valence-electron chi connectivity index (χ2n) is 7.69. The molecule has 1 fully saturated rings. The van der Waals surface area contributed by atoms with Gasteiger partial charge in [0, 0.05) is 18.7 Å². The average molecular weight is 437 g/mol. The van der Waals surface area contributed by atoms with Crippen LogP contribution < -0.4 is 9.47 Å². The van der Waals surface area contributed by atoms with E-state index < -0.39 is 17.7 Å². The second-order valence-corrected chi connectivity index (χ2v) is 7.69. The molecule has 1 amide bonds. The zero-order valence-corrected chi connectivity index (χ0v) is 18.6. The third kappa shape index (κ3) is 4.84. The predicted octanol–water partition coefficient (Wildman–Crippen LogP) is 3.24. The summed E-state index contributed by atoms with van der Waals surface area (Å²) in [5.74, 6) is -0.269. The molecule has 168 valence electrons. The van der Waals surface area contributed by atoms with Gasteiger partial charge in [0.2, 0.25) is 0 Å². The van der Waals surface area contributed by atoms with Crippen LogP contribution in [-0.4, -0.2) is 67.5 Å². The van der Waals surface area contributed by atoms with Crippen molar-refractivity contribution in [3.05, 3.63) is 77.9 Å². The Balaban J connectivity index is 2.05. The predicted molar refractivity (Wildman–Crippen MR) is 123 cm³/mol. The summed E-state index contributed by atoms with van der Waals surface area (Å²) in [6.45, 7) is 4.90.